The van der Waals surface area contributed by atoms with Gasteiger partial charge in [-0.1, -0.05) is 176 Å². The van der Waals surface area contributed by atoms with Gasteiger partial charge in [0.1, 0.15) is 29.3 Å². The van der Waals surface area contributed by atoms with Gasteiger partial charge in [-0.2, -0.15) is 0 Å². The van der Waals surface area contributed by atoms with Crippen molar-refractivity contribution in [3.63, 3.8) is 0 Å². The second-order valence-electron chi connectivity index (χ2n) is 13.6. The predicted molar refractivity (Wildman–Crippen MR) is 219 cm³/mol. The van der Waals surface area contributed by atoms with E-state index in [2.05, 4.69) is 180 Å². The van der Waals surface area contributed by atoms with Crippen molar-refractivity contribution in [3.8, 4) is 33.4 Å². The van der Waals surface area contributed by atoms with E-state index in [1.54, 1.807) is 0 Å². The molecule has 4 heteroatoms. The van der Waals surface area contributed by atoms with Crippen LogP contribution in [-0.4, -0.2) is 5.84 Å². The van der Waals surface area contributed by atoms with E-state index in [1.165, 1.54) is 38.6 Å². The normalized spacial score (nSPS) is 15.7. The third-order valence-electron chi connectivity index (χ3n) is 10.4. The molecule has 1 aliphatic heterocycles. The van der Waals surface area contributed by atoms with E-state index in [0.717, 1.165) is 50.0 Å². The van der Waals surface area contributed by atoms with Crippen LogP contribution in [0.4, 0.5) is 0 Å². The Kier molecular flexibility index (Phi) is 7.67. The Hall–Kier alpha value is -6.75. The van der Waals surface area contributed by atoms with Gasteiger partial charge in [0.25, 0.3) is 0 Å². The zero-order valence-corrected chi connectivity index (χ0v) is 28.9. The van der Waals surface area contributed by atoms with E-state index in [4.69, 9.17) is 9.41 Å². The second-order valence-corrected chi connectivity index (χ2v) is 13.6. The lowest BCUT2D eigenvalue weighted by Gasteiger charge is -2.33. The minimum atomic E-state index is -0.264. The average molecular weight is 682 g/mol. The van der Waals surface area contributed by atoms with Gasteiger partial charge in [0, 0.05) is 16.3 Å². The third kappa shape index (κ3) is 5.66. The summed E-state index contributed by atoms with van der Waals surface area (Å²) in [5, 5.41) is 12.3. The van der Waals surface area contributed by atoms with Gasteiger partial charge in [-0.15, -0.1) is 0 Å². The van der Waals surface area contributed by atoms with Crippen molar-refractivity contribution in [1.82, 2.24) is 10.6 Å². The molecule has 0 saturated carbocycles. The van der Waals surface area contributed by atoms with Gasteiger partial charge < -0.3 is 9.73 Å². The molecule has 0 aliphatic carbocycles. The maximum Gasteiger partial charge on any atom is 0.136 e. The van der Waals surface area contributed by atoms with E-state index in [-0.39, 0.29) is 12.3 Å². The van der Waals surface area contributed by atoms with E-state index >= 15 is 0 Å². The summed E-state index contributed by atoms with van der Waals surface area (Å²) in [6.07, 6.45) is -0.473. The SMILES string of the molecule is c1ccc(-c2ccc(C3=NC(c4ccc(-c5ccccc5)cc4)NC(c4cccc5c(-c6cccc7oc8ccccc8c67)cccc45)N3)cc2)cc1. The van der Waals surface area contributed by atoms with Crippen molar-refractivity contribution in [2.24, 2.45) is 4.99 Å². The van der Waals surface area contributed by atoms with Gasteiger partial charge in [-0.3, -0.25) is 5.32 Å². The van der Waals surface area contributed by atoms with Crippen molar-refractivity contribution in [2.75, 3.05) is 0 Å². The molecule has 2 unspecified atom stereocenters. The minimum Gasteiger partial charge on any atom is -0.456 e. The Morgan fingerprint density at radius 2 is 0.962 bits per heavy atom. The molecule has 1 aromatic heterocycles. The molecular formula is C49H35N3O. The number of aliphatic imine (C=N–C) groups is 1. The number of nitrogens with zero attached hydrogens (tertiary/aromatic N) is 1. The Morgan fingerprint density at radius 3 is 1.72 bits per heavy atom. The number of para-hydroxylation sites is 1. The highest BCUT2D eigenvalue weighted by Crippen LogP contribution is 2.40. The molecule has 1 aliphatic rings. The van der Waals surface area contributed by atoms with Gasteiger partial charge in [-0.25, -0.2) is 4.99 Å². The highest BCUT2D eigenvalue weighted by molar-refractivity contribution is 6.15. The lowest BCUT2D eigenvalue weighted by Crippen LogP contribution is -2.45. The minimum absolute atomic E-state index is 0.209. The van der Waals surface area contributed by atoms with Gasteiger partial charge in [0.15, 0.2) is 0 Å². The van der Waals surface area contributed by atoms with Gasteiger partial charge in [0.05, 0.1) is 0 Å². The first-order chi connectivity index (χ1) is 26.3. The lowest BCUT2D eigenvalue weighted by molar-refractivity contribution is 0.411. The number of nitrogens with one attached hydrogen (secondary N) is 2. The number of fused-ring (bicyclic) bond motifs is 4. The lowest BCUT2D eigenvalue weighted by atomic mass is 9.92. The Morgan fingerprint density at radius 1 is 0.415 bits per heavy atom. The summed E-state index contributed by atoms with van der Waals surface area (Å²) in [5.74, 6) is 0.855. The maximum absolute atomic E-state index is 6.28. The van der Waals surface area contributed by atoms with Crippen LogP contribution in [0.2, 0.25) is 0 Å². The van der Waals surface area contributed by atoms with Crippen LogP contribution in [0.15, 0.2) is 197 Å². The van der Waals surface area contributed by atoms with Crippen LogP contribution in [0.1, 0.15) is 29.0 Å². The molecule has 2 N–H and O–H groups in total. The summed E-state index contributed by atoms with van der Waals surface area (Å²) in [4.78, 5) is 5.29. The van der Waals surface area contributed by atoms with Crippen LogP contribution in [0.25, 0.3) is 66.1 Å². The first-order valence-corrected chi connectivity index (χ1v) is 18.1. The van der Waals surface area contributed by atoms with E-state index in [9.17, 15) is 0 Å². The number of furan rings is 1. The average Bonchev–Trinajstić information content (AvgIpc) is 3.63. The largest absolute Gasteiger partial charge is 0.456 e. The molecule has 0 spiro atoms. The number of rotatable bonds is 6. The van der Waals surface area contributed by atoms with Crippen LogP contribution < -0.4 is 10.6 Å². The third-order valence-corrected chi connectivity index (χ3v) is 10.4. The fourth-order valence-electron chi connectivity index (χ4n) is 7.80. The Bertz CT molecular complexity index is 2770. The highest BCUT2D eigenvalue weighted by atomic mass is 16.3. The summed E-state index contributed by atoms with van der Waals surface area (Å²) < 4.78 is 6.28. The van der Waals surface area contributed by atoms with Crippen molar-refractivity contribution in [1.29, 1.82) is 0 Å². The number of amidine groups is 1. The molecule has 2 heterocycles. The first-order valence-electron chi connectivity index (χ1n) is 18.1. The molecule has 0 bridgehead atoms. The molecule has 9 aromatic rings. The molecule has 252 valence electrons. The molecule has 0 saturated heterocycles. The van der Waals surface area contributed by atoms with Crippen molar-refractivity contribution in [3.05, 3.63) is 205 Å². The Labute approximate surface area is 308 Å². The van der Waals surface area contributed by atoms with Crippen LogP contribution in [-0.2, 0) is 0 Å². The predicted octanol–water partition coefficient (Wildman–Crippen LogP) is 12.1. The molecule has 4 nitrogen and oxygen atoms in total. The first kappa shape index (κ1) is 31.0. The standard InChI is InChI=1S/C49H35N3O/c1-3-12-32(13-4-1)34-24-28-36(29-25-34)47-50-48(37-30-26-35(27-31-37)33-14-5-2-6-15-33)52-49(51-47)42-21-10-17-38-39(18-9-19-40(38)42)41-20-11-23-45-46(41)43-16-7-8-22-44(43)53-45/h1-31,47,49,51H,(H,50,52). The summed E-state index contributed by atoms with van der Waals surface area (Å²) in [6.45, 7) is 0. The number of hydrogen-bond acceptors (Lipinski definition) is 4. The maximum atomic E-state index is 6.28. The zero-order valence-electron chi connectivity index (χ0n) is 28.9. The number of benzene rings is 8. The van der Waals surface area contributed by atoms with Crippen LogP contribution in [0, 0.1) is 0 Å². The molecule has 0 radical (unpaired) electrons. The monoisotopic (exact) mass is 681 g/mol. The van der Waals surface area contributed by atoms with Crippen LogP contribution >= 0.6 is 0 Å². The van der Waals surface area contributed by atoms with Gasteiger partial charge in [0.2, 0.25) is 0 Å². The van der Waals surface area contributed by atoms with E-state index in [1.807, 2.05) is 18.2 Å². The van der Waals surface area contributed by atoms with Gasteiger partial charge in [-0.05, 0) is 67.4 Å². The summed E-state index contributed by atoms with van der Waals surface area (Å²) in [7, 11) is 0. The molecular weight excluding hydrogens is 647 g/mol. The Balaban J connectivity index is 1.07. The van der Waals surface area contributed by atoms with Crippen molar-refractivity contribution >= 4 is 38.5 Å². The van der Waals surface area contributed by atoms with Crippen molar-refractivity contribution < 1.29 is 4.42 Å². The molecule has 8 aromatic carbocycles. The van der Waals surface area contributed by atoms with E-state index in [0.29, 0.717) is 0 Å². The zero-order chi connectivity index (χ0) is 35.1. The fourth-order valence-corrected chi connectivity index (χ4v) is 7.80. The van der Waals surface area contributed by atoms with E-state index < -0.39 is 0 Å². The van der Waals surface area contributed by atoms with Crippen LogP contribution in [0.5, 0.6) is 0 Å². The summed E-state index contributed by atoms with van der Waals surface area (Å²) >= 11 is 0. The summed E-state index contributed by atoms with van der Waals surface area (Å²) in [6, 6.07) is 66.4. The molecule has 2 atom stereocenters. The fraction of sp³-hybridized carbons (Fsp3) is 0.0408. The quantitative estimate of drug-likeness (QED) is 0.184. The second kappa shape index (κ2) is 13.1. The molecule has 53 heavy (non-hydrogen) atoms. The smallest absolute Gasteiger partial charge is 0.136 e. The van der Waals surface area contributed by atoms with Crippen LogP contribution in [0.3, 0.4) is 0 Å². The molecule has 0 fully saturated rings. The topological polar surface area (TPSA) is 49.6 Å². The van der Waals surface area contributed by atoms with Crippen molar-refractivity contribution in [2.45, 2.75) is 12.3 Å². The molecule has 0 amide bonds. The highest BCUT2D eigenvalue weighted by Gasteiger charge is 2.27. The number of hydrogen-bond donors (Lipinski definition) is 2. The van der Waals surface area contributed by atoms with Gasteiger partial charge >= 0.3 is 0 Å². The molecule has 10 rings (SSSR count). The summed E-state index contributed by atoms with van der Waals surface area (Å²) in [5.41, 5.74) is 12.2.